The van der Waals surface area contributed by atoms with Gasteiger partial charge in [0.2, 0.25) is 0 Å². The molecule has 0 bridgehead atoms. The van der Waals surface area contributed by atoms with Crippen molar-refractivity contribution < 1.29 is 9.90 Å². The zero-order chi connectivity index (χ0) is 15.0. The van der Waals surface area contributed by atoms with Crippen molar-refractivity contribution in [3.8, 4) is 0 Å². The Hall–Kier alpha value is -0.978. The molecule has 0 spiro atoms. The van der Waals surface area contributed by atoms with E-state index in [1.807, 2.05) is 18.2 Å². The molecular formula is C16H22NO2Pb. The number of benzene rings is 1. The van der Waals surface area contributed by atoms with Crippen LogP contribution in [0.1, 0.15) is 31.3 Å². The van der Waals surface area contributed by atoms with E-state index in [0.29, 0.717) is 5.52 Å². The minimum Gasteiger partial charge on any atom is -0.477 e. The van der Waals surface area contributed by atoms with Gasteiger partial charge in [-0.15, -0.1) is 0 Å². The predicted molar refractivity (Wildman–Crippen MR) is 85.9 cm³/mol. The van der Waals surface area contributed by atoms with E-state index in [-0.39, 0.29) is 5.69 Å². The largest absolute Gasteiger partial charge is 0.477 e. The van der Waals surface area contributed by atoms with Crippen LogP contribution < -0.4 is 0 Å². The molecule has 1 radical (unpaired) electrons. The first-order valence-corrected chi connectivity index (χ1v) is 15.3. The molecule has 4 heteroatoms. The van der Waals surface area contributed by atoms with E-state index in [1.165, 1.54) is 6.07 Å². The molecule has 2 rings (SSSR count). The summed E-state index contributed by atoms with van der Waals surface area (Å²) in [5, 5.41) is 9.63. The summed E-state index contributed by atoms with van der Waals surface area (Å²) in [7, 11) is 0. The zero-order valence-electron chi connectivity index (χ0n) is 12.4. The van der Waals surface area contributed by atoms with Gasteiger partial charge in [0.15, 0.2) is 0 Å². The fraction of sp³-hybridized carbons (Fsp3) is 0.375. The van der Waals surface area contributed by atoms with Gasteiger partial charge < -0.3 is 5.11 Å². The summed E-state index contributed by atoms with van der Waals surface area (Å²) in [5.41, 5.74) is 0.793. The molecule has 0 saturated heterocycles. The van der Waals surface area contributed by atoms with E-state index in [9.17, 15) is 4.79 Å². The quantitative estimate of drug-likeness (QED) is 0.675. The number of carboxylic acids is 1. The van der Waals surface area contributed by atoms with E-state index in [2.05, 4.69) is 25.8 Å². The Morgan fingerprint density at radius 1 is 1.05 bits per heavy atom. The first-order valence-electron chi connectivity index (χ1n) is 7.04. The molecule has 1 aromatic carbocycles. The number of rotatable bonds is 4. The molecule has 0 atom stereocenters. The van der Waals surface area contributed by atoms with Crippen LogP contribution in [0.15, 0.2) is 36.4 Å². The van der Waals surface area contributed by atoms with Gasteiger partial charge in [-0.3, -0.25) is 0 Å². The van der Waals surface area contributed by atoms with Crippen LogP contribution in [0.5, 0.6) is 0 Å². The Bertz CT molecular complexity index is 547. The molecule has 1 N–H and O–H groups in total. The van der Waals surface area contributed by atoms with E-state index >= 15 is 0 Å². The Kier molecular flexibility index (Phi) is 7.73. The second-order valence-corrected chi connectivity index (χ2v) is 18.6. The second kappa shape index (κ2) is 9.05. The van der Waals surface area contributed by atoms with Crippen LogP contribution in [0.2, 0.25) is 11.9 Å². The van der Waals surface area contributed by atoms with Crippen molar-refractivity contribution in [2.75, 3.05) is 0 Å². The number of para-hydroxylation sites is 1. The first-order chi connectivity index (χ1) is 9.62. The van der Waals surface area contributed by atoms with Gasteiger partial charge in [0, 0.05) is 5.39 Å². The summed E-state index contributed by atoms with van der Waals surface area (Å²) in [6, 6.07) is 10.7. The van der Waals surface area contributed by atoms with Gasteiger partial charge in [0.25, 0.3) is 0 Å². The predicted octanol–water partition coefficient (Wildman–Crippen LogP) is 4.47. The summed E-state index contributed by atoms with van der Waals surface area (Å²) in [4.78, 5) is 14.6. The number of nitrogens with zero attached hydrogens (tertiary/aromatic N) is 1. The Balaban J connectivity index is 0.000000246. The van der Waals surface area contributed by atoms with Crippen molar-refractivity contribution in [1.82, 2.24) is 4.98 Å². The minimum absolute atomic E-state index is 0.0821. The summed E-state index contributed by atoms with van der Waals surface area (Å²) >= 11 is -0.789. The molecular weight excluding hydrogens is 445 g/mol. The smallest absolute Gasteiger partial charge is 0.354 e. The van der Waals surface area contributed by atoms with Crippen LogP contribution in [-0.4, -0.2) is 38.8 Å². The third-order valence-corrected chi connectivity index (χ3v) is 15.0. The van der Waals surface area contributed by atoms with Gasteiger partial charge >= 0.3 is 61.4 Å². The maximum atomic E-state index is 10.6. The summed E-state index contributed by atoms with van der Waals surface area (Å²) in [6.07, 6.45) is 0. The number of hydrogen-bond acceptors (Lipinski definition) is 2. The van der Waals surface area contributed by atoms with E-state index in [0.717, 1.165) is 5.39 Å². The third kappa shape index (κ3) is 5.19. The van der Waals surface area contributed by atoms with E-state index in [4.69, 9.17) is 5.11 Å². The number of aromatic nitrogens is 1. The number of carbonyl (C=O) groups is 1. The molecule has 0 aliphatic carbocycles. The van der Waals surface area contributed by atoms with Crippen molar-refractivity contribution in [1.29, 1.82) is 0 Å². The fourth-order valence-corrected chi connectivity index (χ4v) is 7.77. The van der Waals surface area contributed by atoms with Crippen molar-refractivity contribution >= 4 is 39.6 Å². The molecule has 1 aromatic heterocycles. The molecule has 107 valence electrons. The number of carboxylic acid groups (broad SMARTS) is 1. The molecule has 20 heavy (non-hydrogen) atoms. The van der Waals surface area contributed by atoms with Gasteiger partial charge in [-0.05, 0) is 12.1 Å². The van der Waals surface area contributed by atoms with Crippen LogP contribution in [-0.2, 0) is 0 Å². The maximum Gasteiger partial charge on any atom is 0.354 e. The topological polar surface area (TPSA) is 50.2 Å². The molecule has 0 fully saturated rings. The minimum atomic E-state index is -0.995. The van der Waals surface area contributed by atoms with Crippen molar-refractivity contribution in [3.05, 3.63) is 42.1 Å². The number of pyridine rings is 1. The molecule has 0 aliphatic heterocycles. The fourth-order valence-electron chi connectivity index (χ4n) is 1.94. The SMILES string of the molecule is C[CH2][Pb]([CH2]C)[CH2]C.O=C(O)c1ccc2ccccc2n1. The summed E-state index contributed by atoms with van der Waals surface area (Å²) in [5.74, 6) is -0.995. The average molecular weight is 468 g/mol. The van der Waals surface area contributed by atoms with Gasteiger partial charge in [-0.1, -0.05) is 24.3 Å². The van der Waals surface area contributed by atoms with E-state index < -0.39 is 28.7 Å². The van der Waals surface area contributed by atoms with Crippen LogP contribution in [0.3, 0.4) is 0 Å². The third-order valence-electron chi connectivity index (χ3n) is 3.32. The van der Waals surface area contributed by atoms with Crippen LogP contribution in [0.25, 0.3) is 10.9 Å². The molecule has 0 unspecified atom stereocenters. The molecule has 0 amide bonds. The number of fused-ring (bicyclic) bond motifs is 1. The molecule has 0 saturated carbocycles. The Morgan fingerprint density at radius 3 is 2.15 bits per heavy atom. The summed E-state index contributed by atoms with van der Waals surface area (Å²) in [6.45, 7) is 7.07. The van der Waals surface area contributed by atoms with Crippen molar-refractivity contribution in [2.45, 2.75) is 32.7 Å². The zero-order valence-corrected chi connectivity index (χ0v) is 16.3. The van der Waals surface area contributed by atoms with Crippen molar-refractivity contribution in [2.24, 2.45) is 0 Å². The Morgan fingerprint density at radius 2 is 1.65 bits per heavy atom. The molecule has 0 aliphatic rings. The average Bonchev–Trinajstić information content (AvgIpc) is 2.49. The molecule has 1 heterocycles. The monoisotopic (exact) mass is 468 g/mol. The van der Waals surface area contributed by atoms with Crippen LogP contribution in [0, 0.1) is 0 Å². The second-order valence-electron chi connectivity index (χ2n) is 4.51. The van der Waals surface area contributed by atoms with Crippen LogP contribution >= 0.6 is 0 Å². The normalized spacial score (nSPS) is 10.2. The molecule has 3 nitrogen and oxygen atoms in total. The van der Waals surface area contributed by atoms with Crippen molar-refractivity contribution in [3.63, 3.8) is 0 Å². The number of aromatic carboxylic acids is 1. The van der Waals surface area contributed by atoms with Gasteiger partial charge in [-0.25, -0.2) is 9.78 Å². The molecule has 2 aromatic rings. The maximum absolute atomic E-state index is 10.6. The summed E-state index contributed by atoms with van der Waals surface area (Å²) < 4.78 is 4.70. The van der Waals surface area contributed by atoms with Gasteiger partial charge in [0.05, 0.1) is 5.52 Å². The first kappa shape index (κ1) is 17.1. The Labute approximate surface area is 129 Å². The van der Waals surface area contributed by atoms with E-state index in [1.54, 1.807) is 24.1 Å². The van der Waals surface area contributed by atoms with Gasteiger partial charge in [0.1, 0.15) is 5.69 Å². The van der Waals surface area contributed by atoms with Gasteiger partial charge in [-0.2, -0.15) is 0 Å². The standard InChI is InChI=1S/C10H7NO2.3C2H5.Pb/c12-10(13)9-6-5-7-3-1-2-4-8(7)11-9;3*1-2;/h1-6H,(H,12,13);3*1H2,2H3;. The number of hydrogen-bond donors (Lipinski definition) is 1. The van der Waals surface area contributed by atoms with Crippen LogP contribution in [0.4, 0.5) is 0 Å².